The standard InChI is InChI=1S/C23H30N4O5/c1-7-16(3)32-23-25-22(30)27(13-17(4)31-18(5)28)21(29)20(12-24-6)26(23)14-19-10-8-15(2)9-11-19/h7-12,17,23-24H,1,3,13-14H2,2,4-6H3,(H,25,30)/b20-12+. The largest absolute Gasteiger partial charge is 0.461 e. The zero-order valence-corrected chi connectivity index (χ0v) is 18.9. The summed E-state index contributed by atoms with van der Waals surface area (Å²) in [6.07, 6.45) is 1.18. The van der Waals surface area contributed by atoms with Crippen LogP contribution in [0.15, 0.2) is 61.2 Å². The van der Waals surface area contributed by atoms with Gasteiger partial charge in [-0.15, -0.1) is 0 Å². The highest BCUT2D eigenvalue weighted by Crippen LogP contribution is 2.22. The van der Waals surface area contributed by atoms with Crippen molar-refractivity contribution in [2.45, 2.75) is 39.8 Å². The minimum absolute atomic E-state index is 0.126. The number of allylic oxidation sites excluding steroid dienone is 1. The average Bonchev–Trinajstić information content (AvgIpc) is 2.81. The zero-order chi connectivity index (χ0) is 23.8. The molecule has 0 bridgehead atoms. The minimum atomic E-state index is -1.04. The maximum Gasteiger partial charge on any atom is 0.328 e. The second-order valence-corrected chi connectivity index (χ2v) is 7.36. The van der Waals surface area contributed by atoms with Crippen molar-refractivity contribution in [3.05, 3.63) is 72.3 Å². The quantitative estimate of drug-likeness (QED) is 0.262. The van der Waals surface area contributed by atoms with Gasteiger partial charge in [0.1, 0.15) is 17.6 Å². The van der Waals surface area contributed by atoms with E-state index >= 15 is 0 Å². The number of nitrogens with one attached hydrogen (secondary N) is 2. The van der Waals surface area contributed by atoms with Gasteiger partial charge in [-0.1, -0.05) is 43.0 Å². The van der Waals surface area contributed by atoms with Crippen molar-refractivity contribution in [3.8, 4) is 0 Å². The van der Waals surface area contributed by atoms with Gasteiger partial charge in [-0.05, 0) is 25.5 Å². The Hall–Kier alpha value is -3.75. The highest BCUT2D eigenvalue weighted by molar-refractivity contribution is 6.04. The molecule has 2 N–H and O–H groups in total. The Bertz CT molecular complexity index is 909. The number of hydrogen-bond donors (Lipinski definition) is 2. The lowest BCUT2D eigenvalue weighted by Crippen LogP contribution is -2.49. The van der Waals surface area contributed by atoms with Gasteiger partial charge in [-0.25, -0.2) is 4.79 Å². The number of ether oxygens (including phenoxy) is 2. The first-order chi connectivity index (χ1) is 15.2. The molecule has 1 saturated heterocycles. The molecule has 1 aromatic rings. The molecule has 172 valence electrons. The Morgan fingerprint density at radius 3 is 2.53 bits per heavy atom. The molecular formula is C23H30N4O5. The van der Waals surface area contributed by atoms with Crippen LogP contribution in [0.2, 0.25) is 0 Å². The van der Waals surface area contributed by atoms with E-state index in [9.17, 15) is 14.4 Å². The number of nitrogens with zero attached hydrogens (tertiary/aromatic N) is 2. The maximum atomic E-state index is 13.4. The monoisotopic (exact) mass is 442 g/mol. The van der Waals surface area contributed by atoms with Crippen molar-refractivity contribution in [3.63, 3.8) is 0 Å². The first kappa shape index (κ1) is 24.5. The summed E-state index contributed by atoms with van der Waals surface area (Å²) in [5, 5.41) is 5.56. The molecule has 1 aliphatic rings. The number of rotatable bonds is 9. The molecule has 2 unspecified atom stereocenters. The summed E-state index contributed by atoms with van der Waals surface area (Å²) in [6.45, 7) is 12.4. The van der Waals surface area contributed by atoms with Gasteiger partial charge in [0, 0.05) is 26.7 Å². The predicted molar refractivity (Wildman–Crippen MR) is 120 cm³/mol. The van der Waals surface area contributed by atoms with E-state index in [0.29, 0.717) is 0 Å². The van der Waals surface area contributed by atoms with Gasteiger partial charge < -0.3 is 19.7 Å². The van der Waals surface area contributed by atoms with Gasteiger partial charge in [0.2, 0.25) is 0 Å². The van der Waals surface area contributed by atoms with Gasteiger partial charge in [-0.2, -0.15) is 0 Å². The van der Waals surface area contributed by atoms with Gasteiger partial charge >= 0.3 is 12.0 Å². The summed E-state index contributed by atoms with van der Waals surface area (Å²) in [5.74, 6) is -0.851. The van der Waals surface area contributed by atoms with E-state index in [4.69, 9.17) is 9.47 Å². The Labute approximate surface area is 188 Å². The smallest absolute Gasteiger partial charge is 0.328 e. The van der Waals surface area contributed by atoms with Crippen LogP contribution in [0.4, 0.5) is 4.79 Å². The Balaban J connectivity index is 2.46. The van der Waals surface area contributed by atoms with Crippen molar-refractivity contribution in [1.29, 1.82) is 0 Å². The molecular weight excluding hydrogens is 412 g/mol. The third kappa shape index (κ3) is 6.37. The average molecular weight is 443 g/mol. The van der Waals surface area contributed by atoms with Gasteiger partial charge in [0.25, 0.3) is 12.3 Å². The molecule has 2 atom stereocenters. The first-order valence-corrected chi connectivity index (χ1v) is 10.1. The molecule has 0 spiro atoms. The zero-order valence-electron chi connectivity index (χ0n) is 18.9. The lowest BCUT2D eigenvalue weighted by atomic mass is 10.1. The van der Waals surface area contributed by atoms with Gasteiger partial charge in [0.15, 0.2) is 0 Å². The molecule has 9 nitrogen and oxygen atoms in total. The van der Waals surface area contributed by atoms with E-state index in [1.165, 1.54) is 19.2 Å². The SMILES string of the molecule is C=CC(=C)OC1NC(=O)N(CC(C)OC(C)=O)C(=O)/C(=C\NC)N1Cc1ccc(C)cc1. The molecule has 0 radical (unpaired) electrons. The molecule has 1 fully saturated rings. The Morgan fingerprint density at radius 1 is 1.31 bits per heavy atom. The van der Waals surface area contributed by atoms with Crippen molar-refractivity contribution in [2.75, 3.05) is 13.6 Å². The first-order valence-electron chi connectivity index (χ1n) is 10.1. The maximum absolute atomic E-state index is 13.4. The number of urea groups is 1. The van der Waals surface area contributed by atoms with E-state index in [1.54, 1.807) is 18.9 Å². The van der Waals surface area contributed by atoms with Crippen LogP contribution in [-0.2, 0) is 25.6 Å². The number of amides is 3. The van der Waals surface area contributed by atoms with Crippen LogP contribution < -0.4 is 10.6 Å². The number of hydrogen-bond acceptors (Lipinski definition) is 7. The van der Waals surface area contributed by atoms with Crippen LogP contribution in [0.1, 0.15) is 25.0 Å². The molecule has 2 rings (SSSR count). The molecule has 9 heteroatoms. The van der Waals surface area contributed by atoms with Crippen LogP contribution in [0.25, 0.3) is 0 Å². The summed E-state index contributed by atoms with van der Waals surface area (Å²) >= 11 is 0. The minimum Gasteiger partial charge on any atom is -0.461 e. The molecule has 0 aromatic heterocycles. The Morgan fingerprint density at radius 2 is 1.97 bits per heavy atom. The number of carbonyl (C=O) groups excluding carboxylic acids is 3. The molecule has 1 heterocycles. The van der Waals surface area contributed by atoms with Crippen LogP contribution in [-0.4, -0.2) is 53.8 Å². The second kappa shape index (κ2) is 11.0. The number of imide groups is 1. The molecule has 0 aliphatic carbocycles. The summed E-state index contributed by atoms with van der Waals surface area (Å²) in [4.78, 5) is 40.2. The third-order valence-electron chi connectivity index (χ3n) is 4.60. The predicted octanol–water partition coefficient (Wildman–Crippen LogP) is 2.36. The number of carbonyl (C=O) groups is 3. The normalized spacial score (nSPS) is 18.5. The summed E-state index contributed by atoms with van der Waals surface area (Å²) in [7, 11) is 1.65. The number of esters is 1. The van der Waals surface area contributed by atoms with Crippen LogP contribution >= 0.6 is 0 Å². The fraction of sp³-hybridized carbons (Fsp3) is 0.348. The van der Waals surface area contributed by atoms with Crippen LogP contribution in [0.5, 0.6) is 0 Å². The van der Waals surface area contributed by atoms with E-state index in [2.05, 4.69) is 23.8 Å². The highest BCUT2D eigenvalue weighted by Gasteiger charge is 2.39. The van der Waals surface area contributed by atoms with E-state index in [0.717, 1.165) is 16.0 Å². The van der Waals surface area contributed by atoms with Gasteiger partial charge in [-0.3, -0.25) is 19.8 Å². The van der Waals surface area contributed by atoms with Crippen molar-refractivity contribution < 1.29 is 23.9 Å². The summed E-state index contributed by atoms with van der Waals surface area (Å²) < 4.78 is 10.9. The van der Waals surface area contributed by atoms with Crippen molar-refractivity contribution in [2.24, 2.45) is 0 Å². The van der Waals surface area contributed by atoms with Crippen molar-refractivity contribution in [1.82, 2.24) is 20.4 Å². The molecule has 1 aromatic carbocycles. The van der Waals surface area contributed by atoms with Crippen LogP contribution in [0.3, 0.4) is 0 Å². The lowest BCUT2D eigenvalue weighted by Gasteiger charge is -2.32. The Kier molecular flexibility index (Phi) is 8.46. The summed E-state index contributed by atoms with van der Waals surface area (Å²) in [6, 6.07) is 7.10. The molecule has 0 saturated carbocycles. The number of benzene rings is 1. The summed E-state index contributed by atoms with van der Waals surface area (Å²) in [5.41, 5.74) is 2.18. The molecule has 32 heavy (non-hydrogen) atoms. The fourth-order valence-electron chi connectivity index (χ4n) is 3.11. The molecule has 3 amide bonds. The fourth-order valence-corrected chi connectivity index (χ4v) is 3.11. The lowest BCUT2D eigenvalue weighted by molar-refractivity contribution is -0.147. The number of aryl methyl sites for hydroxylation is 1. The van der Waals surface area contributed by atoms with Gasteiger partial charge in [0.05, 0.1) is 6.54 Å². The van der Waals surface area contributed by atoms with E-state index in [1.807, 2.05) is 31.2 Å². The second-order valence-electron chi connectivity index (χ2n) is 7.36. The molecule has 1 aliphatic heterocycles. The van der Waals surface area contributed by atoms with Crippen molar-refractivity contribution >= 4 is 17.9 Å². The van der Waals surface area contributed by atoms with Crippen LogP contribution in [0, 0.1) is 6.92 Å². The van der Waals surface area contributed by atoms with E-state index < -0.39 is 30.4 Å². The highest BCUT2D eigenvalue weighted by atomic mass is 16.5. The van der Waals surface area contributed by atoms with E-state index in [-0.39, 0.29) is 24.5 Å². The topological polar surface area (TPSA) is 100 Å². The third-order valence-corrected chi connectivity index (χ3v) is 4.60.